The molecule has 1 N–H and O–H groups in total. The van der Waals surface area contributed by atoms with E-state index in [1.165, 1.54) is 16.4 Å². The molecule has 2 rings (SSSR count). The monoisotopic (exact) mass is 379 g/mol. The zero-order chi connectivity index (χ0) is 19.0. The fourth-order valence-corrected chi connectivity index (χ4v) is 3.18. The van der Waals surface area contributed by atoms with Crippen molar-refractivity contribution in [1.82, 2.24) is 14.6 Å². The highest BCUT2D eigenvalue weighted by molar-refractivity contribution is 7.88. The number of nitrogens with one attached hydrogen (secondary N) is 1. The quantitative estimate of drug-likeness (QED) is 0.720. The predicted octanol–water partition coefficient (Wildman–Crippen LogP) is 1.73. The van der Waals surface area contributed by atoms with Gasteiger partial charge >= 0.3 is 0 Å². The Morgan fingerprint density at radius 3 is 2.54 bits per heavy atom. The van der Waals surface area contributed by atoms with Gasteiger partial charge in [0, 0.05) is 38.4 Å². The number of sulfonamides is 1. The van der Waals surface area contributed by atoms with Gasteiger partial charge in [-0.25, -0.2) is 12.8 Å². The Balaban J connectivity index is 1.80. The number of halogens is 1. The van der Waals surface area contributed by atoms with Crippen molar-refractivity contribution in [2.45, 2.75) is 19.4 Å². The molecule has 8 heteroatoms. The van der Waals surface area contributed by atoms with Crippen LogP contribution in [0.1, 0.15) is 17.5 Å². The van der Waals surface area contributed by atoms with Gasteiger partial charge in [-0.2, -0.15) is 4.31 Å². The highest BCUT2D eigenvalue weighted by atomic mass is 32.2. The van der Waals surface area contributed by atoms with E-state index < -0.39 is 10.0 Å². The zero-order valence-electron chi connectivity index (χ0n) is 14.6. The van der Waals surface area contributed by atoms with Gasteiger partial charge in [0.25, 0.3) is 0 Å². The summed E-state index contributed by atoms with van der Waals surface area (Å²) >= 11 is 0. The number of aromatic nitrogens is 1. The molecule has 0 saturated heterocycles. The van der Waals surface area contributed by atoms with E-state index in [4.69, 9.17) is 0 Å². The molecule has 0 aliphatic heterocycles. The van der Waals surface area contributed by atoms with Crippen LogP contribution >= 0.6 is 0 Å². The lowest BCUT2D eigenvalue weighted by molar-refractivity contribution is -0.121. The van der Waals surface area contributed by atoms with Gasteiger partial charge in [0.1, 0.15) is 5.82 Å². The number of amides is 1. The number of hydrogen-bond acceptors (Lipinski definition) is 4. The number of carbonyl (C=O) groups is 1. The zero-order valence-corrected chi connectivity index (χ0v) is 15.4. The van der Waals surface area contributed by atoms with Gasteiger partial charge in [0.15, 0.2) is 0 Å². The summed E-state index contributed by atoms with van der Waals surface area (Å²) in [4.78, 5) is 15.9. The molecule has 0 atom stereocenters. The first-order valence-electron chi connectivity index (χ1n) is 8.20. The molecule has 1 heterocycles. The largest absolute Gasteiger partial charge is 0.356 e. The highest BCUT2D eigenvalue weighted by Crippen LogP contribution is 2.08. The molecule has 140 valence electrons. The second-order valence-corrected chi connectivity index (χ2v) is 7.92. The molecule has 6 nitrogen and oxygen atoms in total. The molecular formula is C18H22FN3O3S. The molecule has 2 aromatic rings. The van der Waals surface area contributed by atoms with Gasteiger partial charge in [-0.3, -0.25) is 9.78 Å². The first kappa shape index (κ1) is 20.0. The van der Waals surface area contributed by atoms with Crippen molar-refractivity contribution in [2.75, 3.05) is 19.3 Å². The molecule has 1 aromatic heterocycles. The van der Waals surface area contributed by atoms with E-state index in [1.54, 1.807) is 36.7 Å². The van der Waals surface area contributed by atoms with E-state index in [9.17, 15) is 17.6 Å². The number of rotatable bonds is 9. The standard InChI is InChI=1S/C18H22FN3O3S/c1-26(24,25)22(14-16-3-2-10-20-13-16)12-9-18(23)21-11-8-15-4-6-17(19)7-5-15/h2-7,10,13H,8-9,11-12,14H2,1H3,(H,21,23). The van der Waals surface area contributed by atoms with Crippen molar-refractivity contribution in [1.29, 1.82) is 0 Å². The second kappa shape index (κ2) is 9.40. The van der Waals surface area contributed by atoms with Crippen LogP contribution < -0.4 is 5.32 Å². The third-order valence-electron chi connectivity index (χ3n) is 3.79. The molecule has 0 radical (unpaired) electrons. The summed E-state index contributed by atoms with van der Waals surface area (Å²) in [6.45, 7) is 0.678. The van der Waals surface area contributed by atoms with E-state index in [1.807, 2.05) is 0 Å². The topological polar surface area (TPSA) is 79.4 Å². The number of pyridine rings is 1. The Labute approximate surface area is 153 Å². The van der Waals surface area contributed by atoms with Gasteiger partial charge in [-0.15, -0.1) is 0 Å². The van der Waals surface area contributed by atoms with Crippen LogP contribution in [0.25, 0.3) is 0 Å². The smallest absolute Gasteiger partial charge is 0.221 e. The normalized spacial score (nSPS) is 11.5. The van der Waals surface area contributed by atoms with Crippen molar-refractivity contribution in [2.24, 2.45) is 0 Å². The minimum absolute atomic E-state index is 0.0662. The van der Waals surface area contributed by atoms with E-state index in [-0.39, 0.29) is 31.2 Å². The maximum Gasteiger partial charge on any atom is 0.221 e. The van der Waals surface area contributed by atoms with E-state index in [0.717, 1.165) is 17.4 Å². The Morgan fingerprint density at radius 1 is 1.19 bits per heavy atom. The molecule has 0 saturated carbocycles. The van der Waals surface area contributed by atoms with Gasteiger partial charge in [0.2, 0.25) is 15.9 Å². The third kappa shape index (κ3) is 6.89. The summed E-state index contributed by atoms with van der Waals surface area (Å²) in [5, 5.41) is 2.75. The molecule has 0 spiro atoms. The Morgan fingerprint density at radius 2 is 1.92 bits per heavy atom. The van der Waals surface area contributed by atoms with Crippen molar-refractivity contribution in [3.63, 3.8) is 0 Å². The van der Waals surface area contributed by atoms with Crippen LogP contribution in [0.15, 0.2) is 48.8 Å². The molecule has 0 aliphatic carbocycles. The Bertz CT molecular complexity index is 811. The Hall–Kier alpha value is -2.32. The summed E-state index contributed by atoms with van der Waals surface area (Å²) < 4.78 is 37.9. The lowest BCUT2D eigenvalue weighted by atomic mass is 10.1. The highest BCUT2D eigenvalue weighted by Gasteiger charge is 2.18. The molecular weight excluding hydrogens is 357 g/mol. The van der Waals surface area contributed by atoms with Crippen molar-refractivity contribution in [3.8, 4) is 0 Å². The lowest BCUT2D eigenvalue weighted by Gasteiger charge is -2.19. The van der Waals surface area contributed by atoms with Crippen molar-refractivity contribution < 1.29 is 17.6 Å². The van der Waals surface area contributed by atoms with Crippen LogP contribution in [0.2, 0.25) is 0 Å². The number of carbonyl (C=O) groups excluding carboxylic acids is 1. The lowest BCUT2D eigenvalue weighted by Crippen LogP contribution is -2.34. The summed E-state index contributed by atoms with van der Waals surface area (Å²) in [6, 6.07) is 9.60. The molecule has 0 fully saturated rings. The fraction of sp³-hybridized carbons (Fsp3) is 0.333. The first-order chi connectivity index (χ1) is 12.3. The van der Waals surface area contributed by atoms with Crippen LogP contribution in [0.4, 0.5) is 4.39 Å². The van der Waals surface area contributed by atoms with Crippen molar-refractivity contribution >= 4 is 15.9 Å². The minimum Gasteiger partial charge on any atom is -0.356 e. The average molecular weight is 379 g/mol. The number of nitrogens with zero attached hydrogens (tertiary/aromatic N) is 2. The van der Waals surface area contributed by atoms with Gasteiger partial charge in [-0.1, -0.05) is 18.2 Å². The predicted molar refractivity (Wildman–Crippen MR) is 97.2 cm³/mol. The Kier molecular flexibility index (Phi) is 7.23. The van der Waals surface area contributed by atoms with Crippen LogP contribution in [0, 0.1) is 5.82 Å². The SMILES string of the molecule is CS(=O)(=O)N(CCC(=O)NCCc1ccc(F)cc1)Cc1cccnc1. The van der Waals surface area contributed by atoms with Gasteiger partial charge in [-0.05, 0) is 35.7 Å². The average Bonchev–Trinajstić information content (AvgIpc) is 2.60. The van der Waals surface area contributed by atoms with E-state index >= 15 is 0 Å². The summed E-state index contributed by atoms with van der Waals surface area (Å²) in [5.41, 5.74) is 1.68. The van der Waals surface area contributed by atoms with Gasteiger partial charge < -0.3 is 5.32 Å². The molecule has 0 aliphatic rings. The minimum atomic E-state index is -3.44. The van der Waals surface area contributed by atoms with Gasteiger partial charge in [0.05, 0.1) is 6.26 Å². The summed E-state index contributed by atoms with van der Waals surface area (Å²) in [6.07, 6.45) is 4.98. The van der Waals surface area contributed by atoms with Crippen molar-refractivity contribution in [3.05, 3.63) is 65.7 Å². The van der Waals surface area contributed by atoms with E-state index in [2.05, 4.69) is 10.3 Å². The van der Waals surface area contributed by atoms with Crippen LogP contribution in [-0.4, -0.2) is 43.0 Å². The van der Waals surface area contributed by atoms with Crippen LogP contribution in [0.5, 0.6) is 0 Å². The molecule has 0 bridgehead atoms. The second-order valence-electron chi connectivity index (χ2n) is 5.93. The maximum atomic E-state index is 12.8. The number of hydrogen-bond donors (Lipinski definition) is 1. The first-order valence-corrected chi connectivity index (χ1v) is 10.0. The van der Waals surface area contributed by atoms with Crippen LogP contribution in [-0.2, 0) is 27.8 Å². The maximum absolute atomic E-state index is 12.8. The molecule has 1 amide bonds. The summed E-state index contributed by atoms with van der Waals surface area (Å²) in [5.74, 6) is -0.529. The molecule has 1 aromatic carbocycles. The number of benzene rings is 1. The molecule has 26 heavy (non-hydrogen) atoms. The fourth-order valence-electron chi connectivity index (χ4n) is 2.37. The summed E-state index contributed by atoms with van der Waals surface area (Å²) in [7, 11) is -3.44. The molecule has 0 unspecified atom stereocenters. The third-order valence-corrected chi connectivity index (χ3v) is 5.04. The van der Waals surface area contributed by atoms with Crippen LogP contribution in [0.3, 0.4) is 0 Å². The van der Waals surface area contributed by atoms with E-state index in [0.29, 0.717) is 13.0 Å².